The van der Waals surface area contributed by atoms with Crippen molar-refractivity contribution in [3.63, 3.8) is 0 Å². The van der Waals surface area contributed by atoms with Gasteiger partial charge in [-0.3, -0.25) is 4.79 Å². The Hall–Kier alpha value is -1.43. The molecule has 6 heteroatoms. The lowest BCUT2D eigenvalue weighted by Crippen LogP contribution is -2.39. The average Bonchev–Trinajstić information content (AvgIpc) is 2.48. The molecule has 16 heavy (non-hydrogen) atoms. The summed E-state index contributed by atoms with van der Waals surface area (Å²) in [5.41, 5.74) is 5.24. The molecule has 3 N–H and O–H groups in total. The standard InChI is InChI=1S/C10H18N4O2/c1-7-13-9(16-14-7)4-5-12-8(15)6-10(2,3)11/h4-6,11H2,1-3H3,(H,12,15). The van der Waals surface area contributed by atoms with Gasteiger partial charge in [0.25, 0.3) is 0 Å². The quantitative estimate of drug-likeness (QED) is 0.746. The van der Waals surface area contributed by atoms with Crippen molar-refractivity contribution in [3.8, 4) is 0 Å². The number of carbonyl (C=O) groups excluding carboxylic acids is 1. The van der Waals surface area contributed by atoms with Crippen molar-refractivity contribution >= 4 is 5.91 Å². The molecule has 1 heterocycles. The summed E-state index contributed by atoms with van der Waals surface area (Å²) in [6, 6.07) is 0. The van der Waals surface area contributed by atoms with Gasteiger partial charge in [0.15, 0.2) is 5.82 Å². The Morgan fingerprint density at radius 2 is 2.25 bits per heavy atom. The summed E-state index contributed by atoms with van der Waals surface area (Å²) in [6.07, 6.45) is 0.841. The third kappa shape index (κ3) is 4.88. The molecule has 0 aliphatic rings. The van der Waals surface area contributed by atoms with Gasteiger partial charge in [-0.25, -0.2) is 0 Å². The number of carbonyl (C=O) groups is 1. The van der Waals surface area contributed by atoms with Crippen molar-refractivity contribution < 1.29 is 9.32 Å². The first kappa shape index (κ1) is 12.6. The lowest BCUT2D eigenvalue weighted by molar-refractivity contribution is -0.121. The normalized spacial score (nSPS) is 11.5. The number of aromatic nitrogens is 2. The minimum absolute atomic E-state index is 0.0660. The molecule has 0 spiro atoms. The van der Waals surface area contributed by atoms with Gasteiger partial charge in [0.05, 0.1) is 0 Å². The highest BCUT2D eigenvalue weighted by Gasteiger charge is 2.15. The van der Waals surface area contributed by atoms with Gasteiger partial charge in [0.2, 0.25) is 11.8 Å². The van der Waals surface area contributed by atoms with Gasteiger partial charge < -0.3 is 15.6 Å². The summed E-state index contributed by atoms with van der Waals surface area (Å²) in [5, 5.41) is 6.41. The topological polar surface area (TPSA) is 94.0 Å². The molecule has 0 unspecified atom stereocenters. The molecule has 0 aliphatic heterocycles. The molecule has 0 saturated heterocycles. The van der Waals surface area contributed by atoms with E-state index in [0.717, 1.165) is 0 Å². The summed E-state index contributed by atoms with van der Waals surface area (Å²) < 4.78 is 4.91. The van der Waals surface area contributed by atoms with E-state index >= 15 is 0 Å². The van der Waals surface area contributed by atoms with Crippen molar-refractivity contribution in [2.45, 2.75) is 39.2 Å². The highest BCUT2D eigenvalue weighted by atomic mass is 16.5. The van der Waals surface area contributed by atoms with E-state index in [4.69, 9.17) is 10.3 Å². The summed E-state index contributed by atoms with van der Waals surface area (Å²) in [6.45, 7) is 5.86. The minimum Gasteiger partial charge on any atom is -0.356 e. The van der Waals surface area contributed by atoms with Crippen LogP contribution in [0.2, 0.25) is 0 Å². The molecule has 0 aliphatic carbocycles. The molecule has 1 aromatic heterocycles. The Bertz CT molecular complexity index is 354. The summed E-state index contributed by atoms with van der Waals surface area (Å²) in [4.78, 5) is 15.4. The fraction of sp³-hybridized carbons (Fsp3) is 0.700. The molecular weight excluding hydrogens is 208 g/mol. The average molecular weight is 226 g/mol. The van der Waals surface area contributed by atoms with Crippen molar-refractivity contribution in [3.05, 3.63) is 11.7 Å². The second-order valence-electron chi connectivity index (χ2n) is 4.50. The first-order valence-electron chi connectivity index (χ1n) is 5.21. The molecule has 1 rings (SSSR count). The van der Waals surface area contributed by atoms with Crippen LogP contribution in [0.1, 0.15) is 32.0 Å². The van der Waals surface area contributed by atoms with E-state index in [-0.39, 0.29) is 5.91 Å². The Labute approximate surface area is 94.6 Å². The number of rotatable bonds is 5. The zero-order chi connectivity index (χ0) is 12.2. The van der Waals surface area contributed by atoms with E-state index in [1.807, 2.05) is 13.8 Å². The molecule has 0 atom stereocenters. The minimum atomic E-state index is -0.481. The number of nitrogens with one attached hydrogen (secondary N) is 1. The highest BCUT2D eigenvalue weighted by molar-refractivity contribution is 5.77. The Kier molecular flexibility index (Phi) is 4.00. The van der Waals surface area contributed by atoms with Crippen LogP contribution in [0.4, 0.5) is 0 Å². The predicted octanol–water partition coefficient (Wildman–Crippen LogP) is 0.164. The number of nitrogens with two attached hydrogens (primary N) is 1. The van der Waals surface area contributed by atoms with E-state index < -0.39 is 5.54 Å². The molecule has 0 bridgehead atoms. The SMILES string of the molecule is Cc1noc(CCNC(=O)CC(C)(C)N)n1. The molecule has 0 fully saturated rings. The number of nitrogens with zero attached hydrogens (tertiary/aromatic N) is 2. The molecule has 0 radical (unpaired) electrons. The Morgan fingerprint density at radius 3 is 2.75 bits per heavy atom. The van der Waals surface area contributed by atoms with E-state index in [1.54, 1.807) is 6.92 Å². The molecule has 0 aromatic carbocycles. The van der Waals surface area contributed by atoms with Crippen LogP contribution in [0.5, 0.6) is 0 Å². The Morgan fingerprint density at radius 1 is 1.56 bits per heavy atom. The number of aryl methyl sites for hydroxylation is 1. The zero-order valence-corrected chi connectivity index (χ0v) is 9.91. The third-order valence-corrected chi connectivity index (χ3v) is 1.85. The van der Waals surface area contributed by atoms with Gasteiger partial charge in [-0.2, -0.15) is 4.98 Å². The maximum atomic E-state index is 11.4. The van der Waals surface area contributed by atoms with Gasteiger partial charge in [0, 0.05) is 24.9 Å². The van der Waals surface area contributed by atoms with E-state index in [1.165, 1.54) is 0 Å². The number of hydrogen-bond donors (Lipinski definition) is 2. The van der Waals surface area contributed by atoms with Crippen molar-refractivity contribution in [2.75, 3.05) is 6.54 Å². The van der Waals surface area contributed by atoms with Crippen LogP contribution >= 0.6 is 0 Å². The second-order valence-corrected chi connectivity index (χ2v) is 4.50. The maximum Gasteiger partial charge on any atom is 0.228 e. The van der Waals surface area contributed by atoms with Crippen LogP contribution in [0.3, 0.4) is 0 Å². The van der Waals surface area contributed by atoms with Gasteiger partial charge >= 0.3 is 0 Å². The van der Waals surface area contributed by atoms with Gasteiger partial charge in [-0.05, 0) is 20.8 Å². The lowest BCUT2D eigenvalue weighted by Gasteiger charge is -2.17. The van der Waals surface area contributed by atoms with Crippen LogP contribution in [-0.4, -0.2) is 28.1 Å². The highest BCUT2D eigenvalue weighted by Crippen LogP contribution is 2.02. The van der Waals surface area contributed by atoms with Crippen molar-refractivity contribution in [1.29, 1.82) is 0 Å². The molecule has 1 amide bonds. The molecule has 90 valence electrons. The van der Waals surface area contributed by atoms with Crippen LogP contribution < -0.4 is 11.1 Å². The molecule has 1 aromatic rings. The van der Waals surface area contributed by atoms with Crippen LogP contribution in [0.15, 0.2) is 4.52 Å². The van der Waals surface area contributed by atoms with E-state index in [0.29, 0.717) is 31.1 Å². The lowest BCUT2D eigenvalue weighted by atomic mass is 10.0. The maximum absolute atomic E-state index is 11.4. The number of amides is 1. The van der Waals surface area contributed by atoms with Crippen molar-refractivity contribution in [2.24, 2.45) is 5.73 Å². The van der Waals surface area contributed by atoms with Crippen molar-refractivity contribution in [1.82, 2.24) is 15.5 Å². The summed E-state index contributed by atoms with van der Waals surface area (Å²) in [7, 11) is 0. The fourth-order valence-corrected chi connectivity index (χ4v) is 1.23. The van der Waals surface area contributed by atoms with Gasteiger partial charge in [0.1, 0.15) is 0 Å². The molecule has 0 saturated carbocycles. The van der Waals surface area contributed by atoms with Gasteiger partial charge in [-0.15, -0.1) is 0 Å². The zero-order valence-electron chi connectivity index (χ0n) is 9.91. The Balaban J connectivity index is 2.23. The first-order chi connectivity index (χ1) is 7.37. The molecular formula is C10H18N4O2. The van der Waals surface area contributed by atoms with Crippen LogP contribution in [-0.2, 0) is 11.2 Å². The smallest absolute Gasteiger partial charge is 0.228 e. The van der Waals surface area contributed by atoms with Crippen LogP contribution in [0.25, 0.3) is 0 Å². The monoisotopic (exact) mass is 226 g/mol. The second kappa shape index (κ2) is 5.07. The van der Waals surface area contributed by atoms with E-state index in [9.17, 15) is 4.79 Å². The van der Waals surface area contributed by atoms with Gasteiger partial charge in [-0.1, -0.05) is 5.16 Å². The fourth-order valence-electron chi connectivity index (χ4n) is 1.23. The largest absolute Gasteiger partial charge is 0.356 e. The number of hydrogen-bond acceptors (Lipinski definition) is 5. The first-order valence-corrected chi connectivity index (χ1v) is 5.21. The third-order valence-electron chi connectivity index (χ3n) is 1.85. The molecule has 6 nitrogen and oxygen atoms in total. The summed E-state index contributed by atoms with van der Waals surface area (Å²) in [5.74, 6) is 1.07. The van der Waals surface area contributed by atoms with E-state index in [2.05, 4.69) is 15.5 Å². The predicted molar refractivity (Wildman–Crippen MR) is 58.6 cm³/mol. The summed E-state index contributed by atoms with van der Waals surface area (Å²) >= 11 is 0. The van der Waals surface area contributed by atoms with Crippen LogP contribution in [0, 0.1) is 6.92 Å².